The third-order valence-electron chi connectivity index (χ3n) is 3.25. The van der Waals surface area contributed by atoms with Crippen molar-refractivity contribution in [3.63, 3.8) is 0 Å². The van der Waals surface area contributed by atoms with E-state index >= 15 is 0 Å². The summed E-state index contributed by atoms with van der Waals surface area (Å²) in [6.07, 6.45) is 3.68. The molecule has 0 bridgehead atoms. The zero-order valence-electron chi connectivity index (χ0n) is 11.9. The summed E-state index contributed by atoms with van der Waals surface area (Å²) < 4.78 is 21.0. The number of aromatic nitrogens is 3. The predicted octanol–water partition coefficient (Wildman–Crippen LogP) is 2.98. The third-order valence-corrected chi connectivity index (χ3v) is 3.25. The Bertz CT molecular complexity index is 677. The topological polar surface area (TPSA) is 57.0 Å². The highest BCUT2D eigenvalue weighted by atomic mass is 19.1. The molecule has 3 rings (SSSR count). The number of benzene rings is 1. The molecule has 1 aliphatic carbocycles. The summed E-state index contributed by atoms with van der Waals surface area (Å²) in [5.74, 6) is -1.03. The van der Waals surface area contributed by atoms with E-state index in [1.54, 1.807) is 30.8 Å². The molecule has 1 fully saturated rings. The van der Waals surface area contributed by atoms with E-state index in [2.05, 4.69) is 10.3 Å². The predicted molar refractivity (Wildman–Crippen MR) is 74.2 cm³/mol. The molecule has 0 aliphatic heterocycles. The van der Waals surface area contributed by atoms with Gasteiger partial charge >= 0.3 is 5.97 Å². The number of carbonyl (C=O) groups is 1. The maximum Gasteiger partial charge on any atom is 0.338 e. The number of rotatable bonds is 4. The van der Waals surface area contributed by atoms with Crippen molar-refractivity contribution < 1.29 is 13.9 Å². The molecule has 6 heteroatoms. The van der Waals surface area contributed by atoms with E-state index in [1.807, 2.05) is 0 Å². The first-order valence-electron chi connectivity index (χ1n) is 6.97. The normalized spacial score (nSPS) is 14.5. The van der Waals surface area contributed by atoms with Crippen molar-refractivity contribution in [1.82, 2.24) is 15.0 Å². The van der Waals surface area contributed by atoms with Crippen LogP contribution < -0.4 is 0 Å². The van der Waals surface area contributed by atoms with Gasteiger partial charge in [0.05, 0.1) is 23.9 Å². The van der Waals surface area contributed by atoms with Gasteiger partial charge in [-0.05, 0) is 44.9 Å². The molecule has 0 atom stereocenters. The maximum atomic E-state index is 14.2. The standard InChI is InChI=1S/C15H16FN3O2/c1-9(2)21-15(20)10-3-6-12(13(16)7-10)14-8-19(18-17-14)11-4-5-11/h3,6-9,11H,4-5H2,1-2H3. The van der Waals surface area contributed by atoms with Crippen LogP contribution in [0.3, 0.4) is 0 Å². The van der Waals surface area contributed by atoms with E-state index in [-0.39, 0.29) is 11.7 Å². The molecule has 1 aliphatic rings. The van der Waals surface area contributed by atoms with E-state index in [0.717, 1.165) is 12.8 Å². The minimum Gasteiger partial charge on any atom is -0.459 e. The molecule has 21 heavy (non-hydrogen) atoms. The molecular weight excluding hydrogens is 273 g/mol. The minimum atomic E-state index is -0.530. The van der Waals surface area contributed by atoms with Crippen molar-refractivity contribution >= 4 is 5.97 Å². The molecule has 0 saturated heterocycles. The fourth-order valence-electron chi connectivity index (χ4n) is 2.05. The van der Waals surface area contributed by atoms with E-state index in [4.69, 9.17) is 4.74 Å². The smallest absolute Gasteiger partial charge is 0.338 e. The summed E-state index contributed by atoms with van der Waals surface area (Å²) in [4.78, 5) is 11.7. The van der Waals surface area contributed by atoms with Crippen molar-refractivity contribution in [2.45, 2.75) is 38.8 Å². The minimum absolute atomic E-state index is 0.194. The van der Waals surface area contributed by atoms with Crippen molar-refractivity contribution in [2.24, 2.45) is 0 Å². The first-order chi connectivity index (χ1) is 10.0. The fourth-order valence-corrected chi connectivity index (χ4v) is 2.05. The van der Waals surface area contributed by atoms with Crippen molar-refractivity contribution in [2.75, 3.05) is 0 Å². The van der Waals surface area contributed by atoms with Gasteiger partial charge in [-0.2, -0.15) is 0 Å². The lowest BCUT2D eigenvalue weighted by Crippen LogP contribution is -2.11. The number of esters is 1. The lowest BCUT2D eigenvalue weighted by atomic mass is 10.1. The number of ether oxygens (including phenoxy) is 1. The summed E-state index contributed by atoms with van der Waals surface area (Å²) in [5.41, 5.74) is 1.01. The largest absolute Gasteiger partial charge is 0.459 e. The SMILES string of the molecule is CC(C)OC(=O)c1ccc(-c2cn(C3CC3)nn2)c(F)c1. The molecule has 0 amide bonds. The van der Waals surface area contributed by atoms with E-state index in [1.165, 1.54) is 12.1 Å². The Morgan fingerprint density at radius 3 is 2.81 bits per heavy atom. The Kier molecular flexibility index (Phi) is 3.45. The number of carbonyl (C=O) groups excluding carboxylic acids is 1. The van der Waals surface area contributed by atoms with Gasteiger partial charge in [-0.1, -0.05) is 5.21 Å². The second-order valence-corrected chi connectivity index (χ2v) is 5.46. The number of halogens is 1. The molecule has 1 heterocycles. The second kappa shape index (κ2) is 5.27. The molecule has 1 saturated carbocycles. The Labute approximate surface area is 121 Å². The highest BCUT2D eigenvalue weighted by Crippen LogP contribution is 2.34. The average Bonchev–Trinajstić information content (AvgIpc) is 3.16. The van der Waals surface area contributed by atoms with E-state index in [0.29, 0.717) is 17.3 Å². The summed E-state index contributed by atoms with van der Waals surface area (Å²) in [6, 6.07) is 4.65. The lowest BCUT2D eigenvalue weighted by Gasteiger charge is -2.08. The fraction of sp³-hybridized carbons (Fsp3) is 0.400. The Morgan fingerprint density at radius 1 is 1.43 bits per heavy atom. The van der Waals surface area contributed by atoms with Gasteiger partial charge in [0.1, 0.15) is 11.5 Å². The van der Waals surface area contributed by atoms with E-state index in [9.17, 15) is 9.18 Å². The van der Waals surface area contributed by atoms with Crippen LogP contribution in [0.4, 0.5) is 4.39 Å². The molecule has 1 aromatic heterocycles. The summed E-state index contributed by atoms with van der Waals surface area (Å²) >= 11 is 0. The molecular formula is C15H16FN3O2. The van der Waals surface area contributed by atoms with Gasteiger partial charge in [0.2, 0.25) is 0 Å². The number of hydrogen-bond donors (Lipinski definition) is 0. The highest BCUT2D eigenvalue weighted by Gasteiger charge is 2.25. The monoisotopic (exact) mass is 289 g/mol. The first kappa shape index (κ1) is 13.7. The zero-order valence-corrected chi connectivity index (χ0v) is 11.9. The van der Waals surface area contributed by atoms with Crippen LogP contribution in [0.2, 0.25) is 0 Å². The molecule has 0 spiro atoms. The van der Waals surface area contributed by atoms with Gasteiger partial charge in [-0.3, -0.25) is 0 Å². The van der Waals surface area contributed by atoms with Crippen LogP contribution >= 0.6 is 0 Å². The van der Waals surface area contributed by atoms with Crippen LogP contribution in [-0.2, 0) is 4.74 Å². The van der Waals surface area contributed by atoms with Gasteiger partial charge in [0.15, 0.2) is 0 Å². The maximum absolute atomic E-state index is 14.2. The summed E-state index contributed by atoms with van der Waals surface area (Å²) in [7, 11) is 0. The molecule has 0 radical (unpaired) electrons. The van der Waals surface area contributed by atoms with Crippen LogP contribution in [0.15, 0.2) is 24.4 Å². The third kappa shape index (κ3) is 2.94. The second-order valence-electron chi connectivity index (χ2n) is 5.46. The van der Waals surface area contributed by atoms with Crippen molar-refractivity contribution in [1.29, 1.82) is 0 Å². The lowest BCUT2D eigenvalue weighted by molar-refractivity contribution is 0.0377. The van der Waals surface area contributed by atoms with Gasteiger partial charge in [0.25, 0.3) is 0 Å². The molecule has 0 N–H and O–H groups in total. The van der Waals surface area contributed by atoms with Gasteiger partial charge in [0, 0.05) is 5.56 Å². The number of hydrogen-bond acceptors (Lipinski definition) is 4. The molecule has 110 valence electrons. The quantitative estimate of drug-likeness (QED) is 0.812. The highest BCUT2D eigenvalue weighted by molar-refractivity contribution is 5.90. The van der Waals surface area contributed by atoms with Crippen LogP contribution in [0, 0.1) is 5.82 Å². The summed E-state index contributed by atoms with van der Waals surface area (Å²) in [5, 5.41) is 7.99. The first-order valence-corrected chi connectivity index (χ1v) is 6.97. The molecule has 5 nitrogen and oxygen atoms in total. The Morgan fingerprint density at radius 2 is 2.19 bits per heavy atom. The van der Waals surface area contributed by atoms with E-state index < -0.39 is 11.8 Å². The summed E-state index contributed by atoms with van der Waals surface area (Å²) in [6.45, 7) is 3.50. The van der Waals surface area contributed by atoms with Crippen LogP contribution in [0.1, 0.15) is 43.1 Å². The van der Waals surface area contributed by atoms with Crippen molar-refractivity contribution in [3.8, 4) is 11.3 Å². The molecule has 0 unspecified atom stereocenters. The molecule has 1 aromatic carbocycles. The van der Waals surface area contributed by atoms with Gasteiger partial charge < -0.3 is 4.74 Å². The van der Waals surface area contributed by atoms with Gasteiger partial charge in [-0.15, -0.1) is 5.10 Å². The van der Waals surface area contributed by atoms with Gasteiger partial charge in [-0.25, -0.2) is 13.9 Å². The Hall–Kier alpha value is -2.24. The zero-order chi connectivity index (χ0) is 15.0. The van der Waals surface area contributed by atoms with Crippen molar-refractivity contribution in [3.05, 3.63) is 35.8 Å². The number of nitrogens with zero attached hydrogens (tertiary/aromatic N) is 3. The van der Waals surface area contributed by atoms with Crippen LogP contribution in [-0.4, -0.2) is 27.1 Å². The van der Waals surface area contributed by atoms with Crippen LogP contribution in [0.5, 0.6) is 0 Å². The average molecular weight is 289 g/mol. The Balaban J connectivity index is 1.84. The van der Waals surface area contributed by atoms with Crippen LogP contribution in [0.25, 0.3) is 11.3 Å². The molecule has 2 aromatic rings.